The van der Waals surface area contributed by atoms with E-state index in [2.05, 4.69) is 34.5 Å². The second-order valence-corrected chi connectivity index (χ2v) is 5.15. The van der Waals surface area contributed by atoms with Crippen molar-refractivity contribution in [3.63, 3.8) is 0 Å². The third kappa shape index (κ3) is 2.34. The fourth-order valence-corrected chi connectivity index (χ4v) is 2.98. The summed E-state index contributed by atoms with van der Waals surface area (Å²) in [6, 6.07) is 10.9. The van der Waals surface area contributed by atoms with Crippen LogP contribution in [0.5, 0.6) is 0 Å². The molecule has 17 heavy (non-hydrogen) atoms. The van der Waals surface area contributed by atoms with Crippen LogP contribution in [-0.4, -0.2) is 29.9 Å². The zero-order chi connectivity index (χ0) is 11.7. The summed E-state index contributed by atoms with van der Waals surface area (Å²) in [6.45, 7) is 3.13. The van der Waals surface area contributed by atoms with Crippen LogP contribution in [0.15, 0.2) is 30.3 Å². The van der Waals surface area contributed by atoms with Gasteiger partial charge >= 0.3 is 0 Å². The van der Waals surface area contributed by atoms with Crippen LogP contribution < -0.4 is 5.32 Å². The van der Waals surface area contributed by atoms with Gasteiger partial charge in [-0.1, -0.05) is 30.3 Å². The molecule has 1 amide bonds. The first-order valence-corrected chi connectivity index (χ1v) is 6.37. The van der Waals surface area contributed by atoms with E-state index in [9.17, 15) is 4.79 Å². The maximum absolute atomic E-state index is 11.3. The Morgan fingerprint density at radius 3 is 2.88 bits per heavy atom. The Morgan fingerprint density at radius 1 is 1.24 bits per heavy atom. The Balaban J connectivity index is 1.62. The highest BCUT2D eigenvalue weighted by Gasteiger charge is 2.36. The van der Waals surface area contributed by atoms with Gasteiger partial charge in [0, 0.05) is 32.1 Å². The monoisotopic (exact) mass is 230 g/mol. The van der Waals surface area contributed by atoms with Gasteiger partial charge in [0.1, 0.15) is 0 Å². The van der Waals surface area contributed by atoms with Gasteiger partial charge in [-0.05, 0) is 17.9 Å². The molecule has 2 heterocycles. The minimum Gasteiger partial charge on any atom is -0.352 e. The van der Waals surface area contributed by atoms with Crippen molar-refractivity contribution >= 4 is 5.91 Å². The lowest BCUT2D eigenvalue weighted by Crippen LogP contribution is -2.44. The van der Waals surface area contributed by atoms with E-state index in [-0.39, 0.29) is 5.91 Å². The van der Waals surface area contributed by atoms with E-state index >= 15 is 0 Å². The molecule has 90 valence electrons. The topological polar surface area (TPSA) is 32.3 Å². The number of nitrogens with zero attached hydrogens (tertiary/aromatic N) is 1. The number of amides is 1. The van der Waals surface area contributed by atoms with Gasteiger partial charge in [0.2, 0.25) is 5.91 Å². The lowest BCUT2D eigenvalue weighted by Gasteiger charge is -2.24. The first kappa shape index (κ1) is 10.8. The fraction of sp³-hybridized carbons (Fsp3) is 0.500. The predicted octanol–water partition coefficient (Wildman–Crippen LogP) is 1.40. The average molecular weight is 230 g/mol. The summed E-state index contributed by atoms with van der Waals surface area (Å²) < 4.78 is 0. The standard InChI is InChI=1S/C14H18N2O/c17-14-7-6-12-9-16(10-13(12)15-14)8-11-4-2-1-3-5-11/h1-5,12-13H,6-10H2,(H,15,17). The second kappa shape index (κ2) is 4.49. The molecule has 0 aliphatic carbocycles. The van der Waals surface area contributed by atoms with Crippen molar-refractivity contribution in [3.8, 4) is 0 Å². The quantitative estimate of drug-likeness (QED) is 0.833. The van der Waals surface area contributed by atoms with E-state index in [1.807, 2.05) is 6.07 Å². The Morgan fingerprint density at radius 2 is 2.06 bits per heavy atom. The van der Waals surface area contributed by atoms with E-state index in [0.29, 0.717) is 18.4 Å². The number of likely N-dealkylation sites (tertiary alicyclic amines) is 1. The van der Waals surface area contributed by atoms with Gasteiger partial charge in [-0.25, -0.2) is 0 Å². The van der Waals surface area contributed by atoms with Crippen molar-refractivity contribution in [1.82, 2.24) is 10.2 Å². The smallest absolute Gasteiger partial charge is 0.220 e. The fourth-order valence-electron chi connectivity index (χ4n) is 2.98. The average Bonchev–Trinajstić information content (AvgIpc) is 2.71. The maximum atomic E-state index is 11.3. The van der Waals surface area contributed by atoms with E-state index in [4.69, 9.17) is 0 Å². The number of piperidine rings is 1. The van der Waals surface area contributed by atoms with Crippen molar-refractivity contribution in [3.05, 3.63) is 35.9 Å². The number of carbonyl (C=O) groups is 1. The number of hydrogen-bond donors (Lipinski definition) is 1. The van der Waals surface area contributed by atoms with Crippen LogP contribution >= 0.6 is 0 Å². The van der Waals surface area contributed by atoms with Crippen LogP contribution in [0.1, 0.15) is 18.4 Å². The molecule has 2 aliphatic rings. The van der Waals surface area contributed by atoms with E-state index in [1.165, 1.54) is 5.56 Å². The molecular formula is C14H18N2O. The highest BCUT2D eigenvalue weighted by atomic mass is 16.1. The van der Waals surface area contributed by atoms with Gasteiger partial charge in [0.25, 0.3) is 0 Å². The summed E-state index contributed by atoms with van der Waals surface area (Å²) >= 11 is 0. The summed E-state index contributed by atoms with van der Waals surface area (Å²) in [5.41, 5.74) is 1.36. The molecule has 0 aromatic heterocycles. The largest absolute Gasteiger partial charge is 0.352 e. The minimum atomic E-state index is 0.229. The molecule has 3 rings (SSSR count). The number of carbonyl (C=O) groups excluding carboxylic acids is 1. The van der Waals surface area contributed by atoms with Crippen molar-refractivity contribution in [2.45, 2.75) is 25.4 Å². The Labute approximate surface area is 102 Å². The molecule has 3 heteroatoms. The van der Waals surface area contributed by atoms with Gasteiger partial charge in [-0.3, -0.25) is 9.69 Å². The maximum Gasteiger partial charge on any atom is 0.220 e. The van der Waals surface area contributed by atoms with Crippen LogP contribution in [0.2, 0.25) is 0 Å². The molecule has 0 radical (unpaired) electrons. The molecule has 2 aliphatic heterocycles. The summed E-state index contributed by atoms with van der Waals surface area (Å²) in [6.07, 6.45) is 1.77. The second-order valence-electron chi connectivity index (χ2n) is 5.15. The number of hydrogen-bond acceptors (Lipinski definition) is 2. The zero-order valence-corrected chi connectivity index (χ0v) is 9.93. The van der Waals surface area contributed by atoms with E-state index in [0.717, 1.165) is 26.1 Å². The first-order valence-electron chi connectivity index (χ1n) is 6.37. The SMILES string of the molecule is O=C1CCC2CN(Cc3ccccc3)CC2N1. The Bertz CT molecular complexity index is 404. The zero-order valence-electron chi connectivity index (χ0n) is 9.93. The van der Waals surface area contributed by atoms with Gasteiger partial charge in [0.05, 0.1) is 0 Å². The molecular weight excluding hydrogens is 212 g/mol. The number of nitrogens with one attached hydrogen (secondary N) is 1. The van der Waals surface area contributed by atoms with Crippen LogP contribution in [-0.2, 0) is 11.3 Å². The number of benzene rings is 1. The Kier molecular flexibility index (Phi) is 2.85. The van der Waals surface area contributed by atoms with Gasteiger partial charge in [-0.2, -0.15) is 0 Å². The molecule has 2 atom stereocenters. The van der Waals surface area contributed by atoms with Gasteiger partial charge < -0.3 is 5.32 Å². The normalized spacial score (nSPS) is 28.8. The van der Waals surface area contributed by atoms with Gasteiger partial charge in [0.15, 0.2) is 0 Å². The van der Waals surface area contributed by atoms with E-state index < -0.39 is 0 Å². The summed E-state index contributed by atoms with van der Waals surface area (Å²) in [5, 5.41) is 3.11. The van der Waals surface area contributed by atoms with Crippen LogP contribution in [0.4, 0.5) is 0 Å². The molecule has 0 bridgehead atoms. The van der Waals surface area contributed by atoms with Crippen molar-refractivity contribution in [2.24, 2.45) is 5.92 Å². The molecule has 1 N–H and O–H groups in total. The lowest BCUT2D eigenvalue weighted by molar-refractivity contribution is -0.123. The van der Waals surface area contributed by atoms with Crippen LogP contribution in [0, 0.1) is 5.92 Å². The molecule has 2 saturated heterocycles. The Hall–Kier alpha value is -1.35. The van der Waals surface area contributed by atoms with E-state index in [1.54, 1.807) is 0 Å². The lowest BCUT2D eigenvalue weighted by atomic mass is 9.94. The predicted molar refractivity (Wildman–Crippen MR) is 66.4 cm³/mol. The highest BCUT2D eigenvalue weighted by molar-refractivity contribution is 5.77. The molecule has 3 nitrogen and oxygen atoms in total. The summed E-state index contributed by atoms with van der Waals surface area (Å²) in [7, 11) is 0. The summed E-state index contributed by atoms with van der Waals surface area (Å²) in [5.74, 6) is 0.893. The number of rotatable bonds is 2. The molecule has 2 unspecified atom stereocenters. The van der Waals surface area contributed by atoms with Crippen molar-refractivity contribution in [2.75, 3.05) is 13.1 Å². The molecule has 0 saturated carbocycles. The highest BCUT2D eigenvalue weighted by Crippen LogP contribution is 2.26. The third-order valence-electron chi connectivity index (χ3n) is 3.85. The van der Waals surface area contributed by atoms with Crippen LogP contribution in [0.3, 0.4) is 0 Å². The number of fused-ring (bicyclic) bond motifs is 1. The van der Waals surface area contributed by atoms with Gasteiger partial charge in [-0.15, -0.1) is 0 Å². The molecule has 1 aromatic carbocycles. The van der Waals surface area contributed by atoms with Crippen LogP contribution in [0.25, 0.3) is 0 Å². The molecule has 2 fully saturated rings. The third-order valence-corrected chi connectivity index (χ3v) is 3.85. The molecule has 0 spiro atoms. The summed E-state index contributed by atoms with van der Waals surface area (Å²) in [4.78, 5) is 13.8. The first-order chi connectivity index (χ1) is 8.31. The van der Waals surface area contributed by atoms with Crippen molar-refractivity contribution in [1.29, 1.82) is 0 Å². The molecule has 1 aromatic rings. The van der Waals surface area contributed by atoms with Crippen molar-refractivity contribution < 1.29 is 4.79 Å². The minimum absolute atomic E-state index is 0.229.